The second-order valence-electron chi connectivity index (χ2n) is 10.3. The first-order chi connectivity index (χ1) is 20.6. The fourth-order valence-corrected chi connectivity index (χ4v) is 6.15. The molecular weight excluding hydrogens is 548 g/mol. The van der Waals surface area contributed by atoms with E-state index in [1.54, 1.807) is 17.8 Å². The second-order valence-corrected chi connectivity index (χ2v) is 11.3. The molecule has 1 unspecified atom stereocenters. The maximum atomic E-state index is 13.3. The summed E-state index contributed by atoms with van der Waals surface area (Å²) in [5.41, 5.74) is 2.65. The van der Waals surface area contributed by atoms with Crippen molar-refractivity contribution in [3.63, 3.8) is 0 Å². The Labute approximate surface area is 247 Å². The van der Waals surface area contributed by atoms with Crippen molar-refractivity contribution in [2.24, 2.45) is 0 Å². The van der Waals surface area contributed by atoms with Gasteiger partial charge in [0.1, 0.15) is 6.54 Å². The highest BCUT2D eigenvalue weighted by atomic mass is 32.2. The highest BCUT2D eigenvalue weighted by Gasteiger charge is 2.20. The number of nitrogens with zero attached hydrogens (tertiary/aromatic N) is 5. The summed E-state index contributed by atoms with van der Waals surface area (Å²) < 4.78 is 9.08. The fourth-order valence-electron chi connectivity index (χ4n) is 5.13. The summed E-state index contributed by atoms with van der Waals surface area (Å²) in [5, 5.41) is 18.5. The van der Waals surface area contributed by atoms with Crippen molar-refractivity contribution in [2.45, 2.75) is 50.2 Å². The smallest absolute Gasteiger partial charge is 0.275 e. The van der Waals surface area contributed by atoms with Gasteiger partial charge in [-0.3, -0.25) is 9.59 Å². The molecule has 10 heteroatoms. The minimum absolute atomic E-state index is 0.179. The van der Waals surface area contributed by atoms with Crippen molar-refractivity contribution < 1.29 is 9.53 Å². The monoisotopic (exact) mass is 580 g/mol. The summed E-state index contributed by atoms with van der Waals surface area (Å²) in [5.74, 6) is 1.13. The minimum atomic E-state index is -0.326. The Bertz CT molecular complexity index is 1720. The summed E-state index contributed by atoms with van der Waals surface area (Å²) in [6, 6.07) is 27.5. The molecule has 42 heavy (non-hydrogen) atoms. The zero-order valence-corrected chi connectivity index (χ0v) is 24.0. The number of amides is 1. The van der Waals surface area contributed by atoms with Crippen molar-refractivity contribution in [2.75, 3.05) is 12.4 Å². The van der Waals surface area contributed by atoms with Gasteiger partial charge >= 0.3 is 0 Å². The Balaban J connectivity index is 1.19. The molecule has 214 valence electrons. The Morgan fingerprint density at radius 1 is 0.929 bits per heavy atom. The van der Waals surface area contributed by atoms with Crippen molar-refractivity contribution >= 4 is 28.4 Å². The lowest BCUT2D eigenvalue weighted by Crippen LogP contribution is -2.34. The third-order valence-corrected chi connectivity index (χ3v) is 8.39. The predicted molar refractivity (Wildman–Crippen MR) is 162 cm³/mol. The molecule has 9 nitrogen and oxygen atoms in total. The Kier molecular flexibility index (Phi) is 8.72. The van der Waals surface area contributed by atoms with Gasteiger partial charge in [-0.1, -0.05) is 90.6 Å². The molecule has 2 aromatic heterocycles. The summed E-state index contributed by atoms with van der Waals surface area (Å²) in [7, 11) is 0. The van der Waals surface area contributed by atoms with Crippen LogP contribution in [0.15, 0.2) is 94.9 Å². The molecule has 1 saturated heterocycles. The molecule has 1 atom stereocenters. The van der Waals surface area contributed by atoms with E-state index in [2.05, 4.69) is 32.7 Å². The Morgan fingerprint density at radius 3 is 2.38 bits per heavy atom. The number of nitrogens with one attached hydrogen (secondary N) is 1. The van der Waals surface area contributed by atoms with Gasteiger partial charge in [0.05, 0.1) is 30.3 Å². The van der Waals surface area contributed by atoms with E-state index in [4.69, 9.17) is 4.74 Å². The van der Waals surface area contributed by atoms with Crippen LogP contribution in [0.3, 0.4) is 0 Å². The molecule has 3 heterocycles. The van der Waals surface area contributed by atoms with Crippen LogP contribution in [-0.4, -0.2) is 48.9 Å². The van der Waals surface area contributed by atoms with Gasteiger partial charge in [-0.15, -0.1) is 10.2 Å². The lowest BCUT2D eigenvalue weighted by molar-refractivity contribution is -0.122. The second kappa shape index (κ2) is 13.1. The summed E-state index contributed by atoms with van der Waals surface area (Å²) >= 11 is 1.62. The van der Waals surface area contributed by atoms with Gasteiger partial charge in [0, 0.05) is 24.2 Å². The zero-order valence-electron chi connectivity index (χ0n) is 23.2. The summed E-state index contributed by atoms with van der Waals surface area (Å²) in [6.07, 6.45) is 2.91. The van der Waals surface area contributed by atoms with Crippen LogP contribution in [0.5, 0.6) is 0 Å². The topological polar surface area (TPSA) is 104 Å². The van der Waals surface area contributed by atoms with Crippen LogP contribution in [-0.2, 0) is 35.6 Å². The van der Waals surface area contributed by atoms with Gasteiger partial charge in [-0.05, 0) is 30.0 Å². The number of rotatable bonds is 11. The number of hydrogen-bond acceptors (Lipinski definition) is 7. The van der Waals surface area contributed by atoms with Gasteiger partial charge in [0.25, 0.3) is 5.56 Å². The molecular formula is C32H32N6O3S. The van der Waals surface area contributed by atoms with Gasteiger partial charge < -0.3 is 14.6 Å². The summed E-state index contributed by atoms with van der Waals surface area (Å²) in [6.45, 7) is 1.38. The molecule has 0 radical (unpaired) electrons. The maximum Gasteiger partial charge on any atom is 0.275 e. The number of hydrogen-bond donors (Lipinski definition) is 1. The van der Waals surface area contributed by atoms with Gasteiger partial charge in [0.2, 0.25) is 5.91 Å². The van der Waals surface area contributed by atoms with E-state index in [1.165, 1.54) is 4.68 Å². The van der Waals surface area contributed by atoms with Crippen LogP contribution < -0.4 is 10.9 Å². The Hall–Kier alpha value is -4.28. The highest BCUT2D eigenvalue weighted by molar-refractivity contribution is 7.99. The Morgan fingerprint density at radius 2 is 1.64 bits per heavy atom. The SMILES string of the molecule is O=C(Cn1nc(Cc2ccccc2)c2ccccc2c1=O)NCc1nnc(SCC2CCCO2)n1Cc1ccccc1. The molecule has 0 spiro atoms. The van der Waals surface area contributed by atoms with Gasteiger partial charge in [-0.25, -0.2) is 4.68 Å². The van der Waals surface area contributed by atoms with E-state index >= 15 is 0 Å². The van der Waals surface area contributed by atoms with Gasteiger partial charge in [-0.2, -0.15) is 5.10 Å². The number of aromatic nitrogens is 5. The van der Waals surface area contributed by atoms with Crippen LogP contribution in [0.25, 0.3) is 10.8 Å². The molecule has 1 aliphatic heterocycles. The molecule has 1 N–H and O–H groups in total. The molecule has 0 saturated carbocycles. The molecule has 1 fully saturated rings. The first kappa shape index (κ1) is 27.9. The number of benzene rings is 3. The van der Waals surface area contributed by atoms with E-state index in [1.807, 2.05) is 71.3 Å². The predicted octanol–water partition coefficient (Wildman–Crippen LogP) is 4.21. The largest absolute Gasteiger partial charge is 0.377 e. The molecule has 3 aromatic carbocycles. The van der Waals surface area contributed by atoms with Crippen LogP contribution in [0.4, 0.5) is 0 Å². The quantitative estimate of drug-likeness (QED) is 0.233. The maximum absolute atomic E-state index is 13.3. The highest BCUT2D eigenvalue weighted by Crippen LogP contribution is 2.24. The third-order valence-electron chi connectivity index (χ3n) is 7.29. The van der Waals surface area contributed by atoms with Crippen LogP contribution in [0.1, 0.15) is 35.5 Å². The van der Waals surface area contributed by atoms with Crippen LogP contribution in [0, 0.1) is 0 Å². The van der Waals surface area contributed by atoms with E-state index in [0.29, 0.717) is 24.2 Å². The molecule has 1 aliphatic rings. The average molecular weight is 581 g/mol. The molecule has 1 amide bonds. The third kappa shape index (κ3) is 6.61. The first-order valence-corrected chi connectivity index (χ1v) is 15.1. The lowest BCUT2D eigenvalue weighted by atomic mass is 10.0. The first-order valence-electron chi connectivity index (χ1n) is 14.1. The van der Waals surface area contributed by atoms with Gasteiger partial charge in [0.15, 0.2) is 11.0 Å². The fraction of sp³-hybridized carbons (Fsp3) is 0.281. The molecule has 0 bridgehead atoms. The van der Waals surface area contributed by atoms with E-state index < -0.39 is 0 Å². The van der Waals surface area contributed by atoms with E-state index in [-0.39, 0.29) is 30.7 Å². The minimum Gasteiger partial charge on any atom is -0.377 e. The van der Waals surface area contributed by atoms with Crippen molar-refractivity contribution in [3.8, 4) is 0 Å². The molecule has 0 aliphatic carbocycles. The molecule has 6 rings (SSSR count). The summed E-state index contributed by atoms with van der Waals surface area (Å²) in [4.78, 5) is 26.4. The number of fused-ring (bicyclic) bond motifs is 1. The number of ether oxygens (including phenoxy) is 1. The number of carbonyl (C=O) groups excluding carboxylic acids is 1. The van der Waals surface area contributed by atoms with Crippen LogP contribution >= 0.6 is 11.8 Å². The van der Waals surface area contributed by atoms with Crippen molar-refractivity contribution in [3.05, 3.63) is 118 Å². The number of carbonyl (C=O) groups is 1. The standard InChI is InChI=1S/C32H32N6O3S/c39-30(21-38-31(40)27-16-8-7-15-26(27)28(36-38)18-23-10-3-1-4-11-23)33-19-29-34-35-32(42-22-25-14-9-17-41-25)37(29)20-24-12-5-2-6-13-24/h1-8,10-13,15-16,25H,9,14,17-22H2,(H,33,39). The molecule has 5 aromatic rings. The average Bonchev–Trinajstić information content (AvgIpc) is 3.68. The lowest BCUT2D eigenvalue weighted by Gasteiger charge is -2.13. The van der Waals surface area contributed by atoms with E-state index in [0.717, 1.165) is 52.6 Å². The normalized spacial score (nSPS) is 14.8. The number of thioether (sulfide) groups is 1. The van der Waals surface area contributed by atoms with Crippen LogP contribution in [0.2, 0.25) is 0 Å². The zero-order chi connectivity index (χ0) is 28.7. The van der Waals surface area contributed by atoms with E-state index in [9.17, 15) is 9.59 Å². The van der Waals surface area contributed by atoms with Crippen molar-refractivity contribution in [1.29, 1.82) is 0 Å². The van der Waals surface area contributed by atoms with Crippen molar-refractivity contribution in [1.82, 2.24) is 29.9 Å².